The third-order valence-corrected chi connectivity index (χ3v) is 4.75. The van der Waals surface area contributed by atoms with Crippen molar-refractivity contribution in [1.29, 1.82) is 0 Å². The molecule has 0 aliphatic heterocycles. The minimum absolute atomic E-state index is 0.0340. The van der Waals surface area contributed by atoms with Crippen LogP contribution in [0.5, 0.6) is 5.75 Å². The van der Waals surface area contributed by atoms with E-state index in [-0.39, 0.29) is 11.5 Å². The Morgan fingerprint density at radius 3 is 2.54 bits per heavy atom. The predicted octanol–water partition coefficient (Wildman–Crippen LogP) is 4.23. The Morgan fingerprint density at radius 2 is 1.71 bits per heavy atom. The molecule has 1 heterocycles. The second kappa shape index (κ2) is 7.19. The Balaban J connectivity index is 1.60. The van der Waals surface area contributed by atoms with Crippen molar-refractivity contribution in [1.82, 2.24) is 4.90 Å². The molecule has 28 heavy (non-hydrogen) atoms. The summed E-state index contributed by atoms with van der Waals surface area (Å²) in [6, 6.07) is 20.6. The molecule has 0 fully saturated rings. The fourth-order valence-electron chi connectivity index (χ4n) is 3.26. The molecule has 5 nitrogen and oxygen atoms in total. The van der Waals surface area contributed by atoms with Gasteiger partial charge in [-0.3, -0.25) is 4.79 Å². The maximum Gasteiger partial charge on any atom is 0.349 e. The molecule has 140 valence electrons. The van der Waals surface area contributed by atoms with Gasteiger partial charge in [0.25, 0.3) is 5.91 Å². The van der Waals surface area contributed by atoms with Crippen LogP contribution in [0.4, 0.5) is 0 Å². The highest BCUT2D eigenvalue weighted by molar-refractivity contribution is 5.96. The number of methoxy groups -OCH3 is 1. The first-order valence-electron chi connectivity index (χ1n) is 8.90. The van der Waals surface area contributed by atoms with Gasteiger partial charge in [-0.2, -0.15) is 0 Å². The van der Waals surface area contributed by atoms with E-state index in [0.717, 1.165) is 27.5 Å². The number of fused-ring (bicyclic) bond motifs is 2. The van der Waals surface area contributed by atoms with Crippen molar-refractivity contribution in [2.75, 3.05) is 14.2 Å². The molecule has 0 bridgehead atoms. The molecular formula is C23H19NO4. The summed E-state index contributed by atoms with van der Waals surface area (Å²) < 4.78 is 10.5. The van der Waals surface area contributed by atoms with Crippen LogP contribution >= 0.6 is 0 Å². The highest BCUT2D eigenvalue weighted by Gasteiger charge is 2.18. The molecule has 0 radical (unpaired) electrons. The smallest absolute Gasteiger partial charge is 0.349 e. The molecule has 0 atom stereocenters. The van der Waals surface area contributed by atoms with E-state index in [1.54, 1.807) is 32.4 Å². The number of hydrogen-bond acceptors (Lipinski definition) is 4. The van der Waals surface area contributed by atoms with Crippen molar-refractivity contribution in [3.8, 4) is 5.75 Å². The van der Waals surface area contributed by atoms with E-state index in [4.69, 9.17) is 9.15 Å². The highest BCUT2D eigenvalue weighted by Crippen LogP contribution is 2.22. The molecule has 5 heteroatoms. The minimum Gasteiger partial charge on any atom is -0.497 e. The van der Waals surface area contributed by atoms with Crippen molar-refractivity contribution in [2.24, 2.45) is 0 Å². The number of carbonyl (C=O) groups excluding carboxylic acids is 1. The van der Waals surface area contributed by atoms with Gasteiger partial charge < -0.3 is 14.1 Å². The Morgan fingerprint density at radius 1 is 0.964 bits per heavy atom. The normalized spacial score (nSPS) is 10.9. The third kappa shape index (κ3) is 3.34. The Kier molecular flexibility index (Phi) is 4.57. The van der Waals surface area contributed by atoms with Crippen molar-refractivity contribution in [3.05, 3.63) is 88.3 Å². The van der Waals surface area contributed by atoms with Gasteiger partial charge in [0.1, 0.15) is 16.9 Å². The van der Waals surface area contributed by atoms with Gasteiger partial charge in [0.05, 0.1) is 7.11 Å². The summed E-state index contributed by atoms with van der Waals surface area (Å²) in [5, 5.41) is 2.84. The lowest BCUT2D eigenvalue weighted by molar-refractivity contribution is 0.0781. The molecular weight excluding hydrogens is 354 g/mol. The van der Waals surface area contributed by atoms with Gasteiger partial charge in [-0.25, -0.2) is 4.79 Å². The van der Waals surface area contributed by atoms with Crippen molar-refractivity contribution >= 4 is 27.6 Å². The van der Waals surface area contributed by atoms with Gasteiger partial charge in [0, 0.05) is 19.0 Å². The minimum atomic E-state index is -0.624. The highest BCUT2D eigenvalue weighted by atomic mass is 16.5. The molecule has 4 rings (SSSR count). The topological polar surface area (TPSA) is 59.8 Å². The molecule has 0 saturated heterocycles. The van der Waals surface area contributed by atoms with E-state index in [1.165, 1.54) is 4.90 Å². The van der Waals surface area contributed by atoms with Crippen LogP contribution in [0.3, 0.4) is 0 Å². The van der Waals surface area contributed by atoms with Gasteiger partial charge in [-0.1, -0.05) is 36.4 Å². The summed E-state index contributed by atoms with van der Waals surface area (Å²) in [6.45, 7) is 0.382. The number of hydrogen-bond donors (Lipinski definition) is 0. The maximum absolute atomic E-state index is 12.8. The third-order valence-electron chi connectivity index (χ3n) is 4.75. The molecule has 4 aromatic rings. The van der Waals surface area contributed by atoms with Crippen LogP contribution in [0.25, 0.3) is 21.7 Å². The van der Waals surface area contributed by atoms with Crippen LogP contribution in [0.15, 0.2) is 75.9 Å². The summed E-state index contributed by atoms with van der Waals surface area (Å²) >= 11 is 0. The van der Waals surface area contributed by atoms with Crippen LogP contribution in [-0.2, 0) is 6.54 Å². The lowest BCUT2D eigenvalue weighted by Crippen LogP contribution is -2.30. The number of nitrogens with zero attached hydrogens (tertiary/aromatic N) is 1. The first-order valence-corrected chi connectivity index (χ1v) is 8.90. The molecule has 1 aromatic heterocycles. The lowest BCUT2D eigenvalue weighted by atomic mass is 10.1. The molecule has 0 aliphatic rings. The second-order valence-electron chi connectivity index (χ2n) is 6.69. The van der Waals surface area contributed by atoms with Gasteiger partial charge in [0.2, 0.25) is 0 Å². The van der Waals surface area contributed by atoms with E-state index < -0.39 is 5.63 Å². The fourth-order valence-corrected chi connectivity index (χ4v) is 3.26. The number of amides is 1. The van der Waals surface area contributed by atoms with Gasteiger partial charge in [-0.15, -0.1) is 0 Å². The first-order chi connectivity index (χ1) is 13.5. The number of ether oxygens (including phenoxy) is 1. The van der Waals surface area contributed by atoms with Crippen molar-refractivity contribution in [3.63, 3.8) is 0 Å². The monoisotopic (exact) mass is 373 g/mol. The summed E-state index contributed by atoms with van der Waals surface area (Å²) in [4.78, 5) is 26.6. The number of benzene rings is 3. The quantitative estimate of drug-likeness (QED) is 0.503. The van der Waals surface area contributed by atoms with Crippen LogP contribution in [0.1, 0.15) is 15.9 Å². The van der Waals surface area contributed by atoms with E-state index in [9.17, 15) is 9.59 Å². The Labute approximate surface area is 161 Å². The average Bonchev–Trinajstić information content (AvgIpc) is 2.72. The van der Waals surface area contributed by atoms with Crippen LogP contribution in [0, 0.1) is 0 Å². The molecule has 3 aromatic carbocycles. The summed E-state index contributed by atoms with van der Waals surface area (Å²) in [6.07, 6.45) is 0. The number of carbonyl (C=O) groups is 1. The van der Waals surface area contributed by atoms with E-state index in [0.29, 0.717) is 12.1 Å². The van der Waals surface area contributed by atoms with Gasteiger partial charge in [-0.05, 0) is 46.7 Å². The van der Waals surface area contributed by atoms with E-state index >= 15 is 0 Å². The van der Waals surface area contributed by atoms with Crippen LogP contribution in [0.2, 0.25) is 0 Å². The Hall–Kier alpha value is -3.60. The molecule has 0 aliphatic carbocycles. The van der Waals surface area contributed by atoms with Gasteiger partial charge in [0.15, 0.2) is 0 Å². The average molecular weight is 373 g/mol. The maximum atomic E-state index is 12.8. The fraction of sp³-hybridized carbons (Fsp3) is 0.130. The zero-order chi connectivity index (χ0) is 19.7. The zero-order valence-electron chi connectivity index (χ0n) is 15.6. The number of rotatable bonds is 4. The van der Waals surface area contributed by atoms with Gasteiger partial charge >= 0.3 is 5.63 Å². The van der Waals surface area contributed by atoms with Crippen LogP contribution in [-0.4, -0.2) is 25.0 Å². The van der Waals surface area contributed by atoms with Crippen LogP contribution < -0.4 is 10.4 Å². The number of para-hydroxylation sites is 1. The SMILES string of the molecule is COc1ccc2cc(CN(C)C(=O)c3cc4ccccc4oc3=O)ccc2c1. The van der Waals surface area contributed by atoms with E-state index in [2.05, 4.69) is 0 Å². The summed E-state index contributed by atoms with van der Waals surface area (Å²) in [7, 11) is 3.31. The molecule has 0 unspecified atom stereocenters. The zero-order valence-corrected chi connectivity index (χ0v) is 15.6. The van der Waals surface area contributed by atoms with Crippen molar-refractivity contribution in [2.45, 2.75) is 6.54 Å². The molecule has 0 N–H and O–H groups in total. The largest absolute Gasteiger partial charge is 0.497 e. The molecule has 0 saturated carbocycles. The summed E-state index contributed by atoms with van der Waals surface area (Å²) in [5.41, 5.74) is 0.850. The second-order valence-corrected chi connectivity index (χ2v) is 6.69. The standard InChI is InChI=1S/C23H19NO4/c1-24(14-15-7-8-17-12-19(27-2)10-9-16(17)11-15)22(25)20-13-18-5-3-4-6-21(18)28-23(20)26/h3-13H,14H2,1-2H3. The summed E-state index contributed by atoms with van der Waals surface area (Å²) in [5.74, 6) is 0.435. The predicted molar refractivity (Wildman–Crippen MR) is 109 cm³/mol. The first kappa shape index (κ1) is 17.8. The molecule has 0 spiro atoms. The van der Waals surface area contributed by atoms with E-state index in [1.807, 2.05) is 48.5 Å². The van der Waals surface area contributed by atoms with Crippen molar-refractivity contribution < 1.29 is 13.9 Å². The lowest BCUT2D eigenvalue weighted by Gasteiger charge is -2.17. The Bertz CT molecular complexity index is 1240. The molecule has 1 amide bonds.